The van der Waals surface area contributed by atoms with E-state index in [9.17, 15) is 0 Å². The molecule has 2 heterocycles. The van der Waals surface area contributed by atoms with E-state index < -0.39 is 0 Å². The Labute approximate surface area is 358 Å². The maximum Gasteiger partial charge on any atom is 0.0620 e. The van der Waals surface area contributed by atoms with Gasteiger partial charge in [0.25, 0.3) is 0 Å². The molecule has 2 aromatic heterocycles. The number of rotatable bonds is 10. The Morgan fingerprint density at radius 2 is 0.967 bits per heavy atom. The summed E-state index contributed by atoms with van der Waals surface area (Å²) in [4.78, 5) is 0. The van der Waals surface area contributed by atoms with Crippen LogP contribution >= 0.6 is 0 Å². The van der Waals surface area contributed by atoms with Gasteiger partial charge >= 0.3 is 0 Å². The van der Waals surface area contributed by atoms with Crippen LogP contribution in [0, 0.1) is 0 Å². The molecule has 0 N–H and O–H groups in total. The second-order valence-electron chi connectivity index (χ2n) is 15.4. The quantitative estimate of drug-likeness (QED) is 0.122. The van der Waals surface area contributed by atoms with Crippen LogP contribution in [0.2, 0.25) is 0 Å². The minimum Gasteiger partial charge on any atom is -0.341 e. The predicted octanol–water partition coefficient (Wildman–Crippen LogP) is 16.2. The third-order valence-electron chi connectivity index (χ3n) is 12.0. The second kappa shape index (κ2) is 16.2. The van der Waals surface area contributed by atoms with Gasteiger partial charge in [0.1, 0.15) is 0 Å². The smallest absolute Gasteiger partial charge is 0.0620 e. The Morgan fingerprint density at radius 1 is 0.492 bits per heavy atom. The highest BCUT2D eigenvalue weighted by Crippen LogP contribution is 2.56. The van der Waals surface area contributed by atoms with E-state index in [2.05, 4.69) is 242 Å². The van der Waals surface area contributed by atoms with Gasteiger partial charge in [-0.25, -0.2) is 0 Å². The van der Waals surface area contributed by atoms with Gasteiger partial charge in [0, 0.05) is 50.4 Å². The van der Waals surface area contributed by atoms with Gasteiger partial charge in [-0.2, -0.15) is 0 Å². The van der Waals surface area contributed by atoms with E-state index in [-0.39, 0.29) is 0 Å². The molecule has 0 bridgehead atoms. The fraction of sp³-hybridized carbons (Fsp3) is 0.0508. The molecule has 0 unspecified atom stereocenters. The minimum atomic E-state index is 0.889. The lowest BCUT2D eigenvalue weighted by molar-refractivity contribution is 0.827. The molecule has 0 aliphatic carbocycles. The van der Waals surface area contributed by atoms with E-state index >= 15 is 0 Å². The number of nitrogens with zero attached hydrogens (tertiary/aromatic N) is 2. The second-order valence-corrected chi connectivity index (χ2v) is 15.4. The van der Waals surface area contributed by atoms with Crippen molar-refractivity contribution in [2.24, 2.45) is 0 Å². The van der Waals surface area contributed by atoms with Crippen LogP contribution in [0.5, 0.6) is 0 Å². The van der Waals surface area contributed by atoms with Crippen molar-refractivity contribution >= 4 is 38.2 Å². The summed E-state index contributed by atoms with van der Waals surface area (Å²) < 4.78 is 5.00. The van der Waals surface area contributed by atoms with Crippen molar-refractivity contribution in [1.82, 2.24) is 9.13 Å². The molecular weight excluding hydrogens is 737 g/mol. The van der Waals surface area contributed by atoms with Crippen molar-refractivity contribution in [3.63, 3.8) is 0 Å². The van der Waals surface area contributed by atoms with Crippen LogP contribution in [0.25, 0.3) is 99.7 Å². The molecule has 2 nitrogen and oxygen atoms in total. The van der Waals surface area contributed by atoms with Crippen molar-refractivity contribution in [2.45, 2.75) is 20.4 Å². The monoisotopic (exact) mass is 782 g/mol. The standard InChI is InChI=1S/C59H46N2/c1-4-7-25-41(5-2)52-53(42-26-13-8-14-27-42)54(43-28-15-9-16-29-43)55(44-30-17-10-18-31-44)57-56(52)58(45-32-19-11-20-33-45)61(59(57)46-34-21-12-22-35-46)47-38-39-51-49(40-47)48-36-23-24-37-50(48)60(51)6-3/h4-5,7-40H,1,6H2,2-3H3/b25-7-,41-5+. The number of hydrogen-bond acceptors (Lipinski definition) is 0. The molecule has 0 aliphatic heterocycles. The average Bonchev–Trinajstić information content (AvgIpc) is 3.85. The number of aromatic nitrogens is 2. The Balaban J connectivity index is 1.55. The molecular formula is C59H46N2. The Bertz CT molecular complexity index is 3260. The molecule has 0 fully saturated rings. The molecule has 10 rings (SSSR count). The minimum absolute atomic E-state index is 0.889. The molecule has 0 aliphatic rings. The highest BCUT2D eigenvalue weighted by Gasteiger charge is 2.32. The Morgan fingerprint density at radius 3 is 1.51 bits per heavy atom. The van der Waals surface area contributed by atoms with Crippen molar-refractivity contribution in [3.05, 3.63) is 231 Å². The first-order valence-corrected chi connectivity index (χ1v) is 21.2. The summed E-state index contributed by atoms with van der Waals surface area (Å²) in [6, 6.07) is 70.9. The van der Waals surface area contributed by atoms with Crippen LogP contribution in [0.1, 0.15) is 19.4 Å². The van der Waals surface area contributed by atoms with Crippen LogP contribution in [0.15, 0.2) is 225 Å². The van der Waals surface area contributed by atoms with Crippen LogP contribution in [0.3, 0.4) is 0 Å². The molecule has 0 spiro atoms. The van der Waals surface area contributed by atoms with E-state index in [1.165, 1.54) is 54.8 Å². The lowest BCUT2D eigenvalue weighted by Gasteiger charge is -2.24. The zero-order valence-corrected chi connectivity index (χ0v) is 34.6. The fourth-order valence-corrected chi connectivity index (χ4v) is 9.54. The maximum atomic E-state index is 4.12. The number of benzene rings is 8. The number of hydrogen-bond donors (Lipinski definition) is 0. The molecule has 0 radical (unpaired) electrons. The van der Waals surface area contributed by atoms with Crippen LogP contribution in [0.4, 0.5) is 0 Å². The maximum absolute atomic E-state index is 4.12. The first-order chi connectivity index (χ1) is 30.2. The summed E-state index contributed by atoms with van der Waals surface area (Å²) in [6.45, 7) is 9.40. The van der Waals surface area contributed by atoms with E-state index in [0.29, 0.717) is 0 Å². The summed E-state index contributed by atoms with van der Waals surface area (Å²) >= 11 is 0. The van der Waals surface area contributed by atoms with Crippen LogP contribution < -0.4 is 0 Å². The normalized spacial score (nSPS) is 11.9. The molecule has 0 atom stereocenters. The van der Waals surface area contributed by atoms with E-state index in [1.807, 2.05) is 6.08 Å². The highest BCUT2D eigenvalue weighted by atomic mass is 15.0. The van der Waals surface area contributed by atoms with Gasteiger partial charge in [-0.15, -0.1) is 0 Å². The van der Waals surface area contributed by atoms with Crippen LogP contribution in [-0.2, 0) is 6.54 Å². The zero-order valence-electron chi connectivity index (χ0n) is 34.6. The number of aryl methyl sites for hydroxylation is 1. The van der Waals surface area contributed by atoms with Crippen molar-refractivity contribution in [3.8, 4) is 61.6 Å². The molecule has 10 aromatic rings. The third kappa shape index (κ3) is 6.36. The van der Waals surface area contributed by atoms with Gasteiger partial charge < -0.3 is 9.13 Å². The van der Waals surface area contributed by atoms with Gasteiger partial charge in [0.15, 0.2) is 0 Å². The Hall–Kier alpha value is -7.68. The first-order valence-electron chi connectivity index (χ1n) is 21.2. The summed E-state index contributed by atoms with van der Waals surface area (Å²) in [5.41, 5.74) is 17.5. The molecule has 2 heteroatoms. The molecule has 0 saturated heterocycles. The lowest BCUT2D eigenvalue weighted by Crippen LogP contribution is -2.00. The van der Waals surface area contributed by atoms with E-state index in [4.69, 9.17) is 0 Å². The summed E-state index contributed by atoms with van der Waals surface area (Å²) in [7, 11) is 0. The fourth-order valence-electron chi connectivity index (χ4n) is 9.54. The molecule has 61 heavy (non-hydrogen) atoms. The molecule has 8 aromatic carbocycles. The van der Waals surface area contributed by atoms with E-state index in [1.54, 1.807) is 0 Å². The van der Waals surface area contributed by atoms with Gasteiger partial charge in [0.2, 0.25) is 0 Å². The van der Waals surface area contributed by atoms with Crippen molar-refractivity contribution < 1.29 is 0 Å². The van der Waals surface area contributed by atoms with E-state index in [0.717, 1.165) is 57.0 Å². The highest BCUT2D eigenvalue weighted by molar-refractivity contribution is 6.24. The number of para-hydroxylation sites is 1. The Kier molecular flexibility index (Phi) is 9.96. The van der Waals surface area contributed by atoms with Gasteiger partial charge in [0.05, 0.1) is 11.4 Å². The molecule has 0 saturated carbocycles. The third-order valence-corrected chi connectivity index (χ3v) is 12.0. The topological polar surface area (TPSA) is 9.86 Å². The molecule has 292 valence electrons. The summed E-state index contributed by atoms with van der Waals surface area (Å²) in [5, 5.41) is 4.90. The van der Waals surface area contributed by atoms with Crippen LogP contribution in [-0.4, -0.2) is 9.13 Å². The lowest BCUT2D eigenvalue weighted by atomic mass is 9.78. The summed E-state index contributed by atoms with van der Waals surface area (Å²) in [5.74, 6) is 0. The average molecular weight is 783 g/mol. The largest absolute Gasteiger partial charge is 0.341 e. The number of fused-ring (bicyclic) bond motifs is 4. The SMILES string of the molecule is C=C/C=C\C(=C/C)c1c(-c2ccccc2)c(-c2ccccc2)c(-c2ccccc2)c2c(-c3ccccc3)n(-c3ccc4c(c3)c3ccccc3n4CC)c(-c3ccccc3)c12. The first kappa shape index (κ1) is 37.6. The van der Waals surface area contributed by atoms with Gasteiger partial charge in [-0.05, 0) is 88.2 Å². The van der Waals surface area contributed by atoms with Crippen molar-refractivity contribution in [2.75, 3.05) is 0 Å². The van der Waals surface area contributed by atoms with Gasteiger partial charge in [-0.3, -0.25) is 0 Å². The predicted molar refractivity (Wildman–Crippen MR) is 262 cm³/mol. The van der Waals surface area contributed by atoms with Crippen molar-refractivity contribution in [1.29, 1.82) is 0 Å². The summed E-state index contributed by atoms with van der Waals surface area (Å²) in [6.07, 6.45) is 8.43. The van der Waals surface area contributed by atoms with Gasteiger partial charge in [-0.1, -0.05) is 201 Å². The number of allylic oxidation sites excluding steroid dienone is 5. The molecule has 0 amide bonds. The zero-order chi connectivity index (χ0) is 41.3.